The zero-order valence-corrected chi connectivity index (χ0v) is 14.6. The van der Waals surface area contributed by atoms with Gasteiger partial charge in [0.05, 0.1) is 6.61 Å². The fourth-order valence-electron chi connectivity index (χ4n) is 2.12. The van der Waals surface area contributed by atoms with Crippen LogP contribution in [-0.2, 0) is 9.53 Å². The predicted molar refractivity (Wildman–Crippen MR) is 90.4 cm³/mol. The molecule has 0 heterocycles. The molecule has 0 N–H and O–H groups in total. The van der Waals surface area contributed by atoms with Gasteiger partial charge in [-0.25, -0.2) is 0 Å². The van der Waals surface area contributed by atoms with Crippen molar-refractivity contribution in [2.75, 3.05) is 11.9 Å². The van der Waals surface area contributed by atoms with Crippen LogP contribution < -0.4 is 0 Å². The molecule has 3 heteroatoms. The molecule has 0 amide bonds. The number of carbonyl (C=O) groups excluding carboxylic acids is 1. The largest absolute Gasteiger partial charge is 0.466 e. The molecule has 0 saturated heterocycles. The number of alkyl halides is 1. The van der Waals surface area contributed by atoms with Gasteiger partial charge in [-0.3, -0.25) is 4.79 Å². The second-order valence-electron chi connectivity index (χ2n) is 5.26. The number of esters is 1. The van der Waals surface area contributed by atoms with Crippen LogP contribution in [0.5, 0.6) is 0 Å². The van der Waals surface area contributed by atoms with Crippen molar-refractivity contribution in [2.45, 2.75) is 77.6 Å². The highest BCUT2D eigenvalue weighted by Gasteiger charge is 1.94. The van der Waals surface area contributed by atoms with Crippen LogP contribution in [0.3, 0.4) is 0 Å². The molecule has 0 radical (unpaired) electrons. The summed E-state index contributed by atoms with van der Waals surface area (Å²) in [5.74, 6) is -0.160. The van der Waals surface area contributed by atoms with E-state index in [1.165, 1.54) is 64.7 Å². The van der Waals surface area contributed by atoms with E-state index in [9.17, 15) is 4.79 Å². The van der Waals surface area contributed by atoms with Gasteiger partial charge < -0.3 is 4.74 Å². The Morgan fingerprint density at radius 1 is 0.850 bits per heavy atom. The Bertz CT molecular complexity index is 239. The van der Waals surface area contributed by atoms with Gasteiger partial charge in [0.1, 0.15) is 0 Å². The maximum absolute atomic E-state index is 10.5. The second kappa shape index (κ2) is 16.7. The monoisotopic (exact) mass is 346 g/mol. The molecule has 0 aromatic carbocycles. The van der Waals surface area contributed by atoms with E-state index in [2.05, 4.69) is 28.1 Å². The van der Waals surface area contributed by atoms with Crippen LogP contribution in [0.1, 0.15) is 77.6 Å². The van der Waals surface area contributed by atoms with Crippen LogP contribution in [0.2, 0.25) is 0 Å². The molecule has 0 unspecified atom stereocenters. The van der Waals surface area contributed by atoms with Crippen LogP contribution in [0.4, 0.5) is 0 Å². The highest BCUT2D eigenvalue weighted by molar-refractivity contribution is 9.09. The third kappa shape index (κ3) is 17.7. The molecule has 0 aromatic rings. The predicted octanol–water partition coefficient (Wildman–Crippen LogP) is 5.79. The Morgan fingerprint density at radius 3 is 1.90 bits per heavy atom. The van der Waals surface area contributed by atoms with Gasteiger partial charge in [-0.05, 0) is 25.7 Å². The number of rotatable bonds is 14. The van der Waals surface area contributed by atoms with Gasteiger partial charge in [-0.1, -0.05) is 73.0 Å². The standard InChI is InChI=1S/C17H31BrO2/c1-17(19)20-16-14-12-10-8-6-4-2-3-5-7-9-11-13-15-18/h9,11H,2-8,10,12-16H2,1H3/b11-9+. The minimum absolute atomic E-state index is 0.160. The maximum Gasteiger partial charge on any atom is 0.302 e. The van der Waals surface area contributed by atoms with E-state index >= 15 is 0 Å². The number of unbranched alkanes of at least 4 members (excludes halogenated alkanes) is 9. The van der Waals surface area contributed by atoms with E-state index in [1.54, 1.807) is 0 Å². The Hall–Kier alpha value is -0.310. The normalized spacial score (nSPS) is 11.1. The van der Waals surface area contributed by atoms with Crippen LogP contribution in [0, 0.1) is 0 Å². The lowest BCUT2D eigenvalue weighted by atomic mass is 10.1. The molecule has 0 aromatic heterocycles. The molecule has 0 atom stereocenters. The van der Waals surface area contributed by atoms with E-state index in [1.807, 2.05) is 0 Å². The van der Waals surface area contributed by atoms with E-state index < -0.39 is 0 Å². The average Bonchev–Trinajstić information content (AvgIpc) is 2.43. The quantitative estimate of drug-likeness (QED) is 0.172. The van der Waals surface area contributed by atoms with Crippen LogP contribution in [0.25, 0.3) is 0 Å². The summed E-state index contributed by atoms with van der Waals surface area (Å²) < 4.78 is 4.90. The van der Waals surface area contributed by atoms with Gasteiger partial charge in [0.25, 0.3) is 0 Å². The summed E-state index contributed by atoms with van der Waals surface area (Å²) in [6, 6.07) is 0. The SMILES string of the molecule is CC(=O)OCCCCCCCCCCC/C=C/CCBr. The summed E-state index contributed by atoms with van der Waals surface area (Å²) in [4.78, 5) is 10.5. The zero-order chi connectivity index (χ0) is 14.9. The molecular weight excluding hydrogens is 316 g/mol. The molecule has 2 nitrogen and oxygen atoms in total. The number of allylic oxidation sites excluding steroid dienone is 2. The lowest BCUT2D eigenvalue weighted by Crippen LogP contribution is -2.00. The lowest BCUT2D eigenvalue weighted by molar-refractivity contribution is -0.141. The fourth-order valence-corrected chi connectivity index (χ4v) is 2.38. The highest BCUT2D eigenvalue weighted by atomic mass is 79.9. The van der Waals surface area contributed by atoms with Crippen LogP contribution in [0.15, 0.2) is 12.2 Å². The topological polar surface area (TPSA) is 26.3 Å². The molecule has 118 valence electrons. The first-order valence-corrected chi connectivity index (χ1v) is 9.24. The maximum atomic E-state index is 10.5. The summed E-state index contributed by atoms with van der Waals surface area (Å²) >= 11 is 3.42. The van der Waals surface area contributed by atoms with Crippen molar-refractivity contribution < 1.29 is 9.53 Å². The van der Waals surface area contributed by atoms with Crippen LogP contribution in [-0.4, -0.2) is 17.9 Å². The molecule has 0 fully saturated rings. The van der Waals surface area contributed by atoms with Gasteiger partial charge in [0, 0.05) is 12.3 Å². The number of carbonyl (C=O) groups is 1. The third-order valence-electron chi connectivity index (χ3n) is 3.26. The third-order valence-corrected chi connectivity index (χ3v) is 3.72. The first kappa shape index (κ1) is 19.7. The van der Waals surface area contributed by atoms with Gasteiger partial charge in [-0.2, -0.15) is 0 Å². The van der Waals surface area contributed by atoms with E-state index in [-0.39, 0.29) is 5.97 Å². The van der Waals surface area contributed by atoms with Crippen molar-refractivity contribution in [2.24, 2.45) is 0 Å². The second-order valence-corrected chi connectivity index (χ2v) is 6.05. The molecule has 0 aliphatic carbocycles. The van der Waals surface area contributed by atoms with Crippen molar-refractivity contribution in [3.8, 4) is 0 Å². The van der Waals surface area contributed by atoms with E-state index in [0.717, 1.165) is 18.2 Å². The summed E-state index contributed by atoms with van der Waals surface area (Å²) in [6.45, 7) is 2.06. The zero-order valence-electron chi connectivity index (χ0n) is 13.0. The summed E-state index contributed by atoms with van der Waals surface area (Å²) in [5, 5.41) is 1.07. The molecular formula is C17H31BrO2. The molecule has 0 aliphatic heterocycles. The molecule has 0 aliphatic rings. The van der Waals surface area contributed by atoms with Crippen molar-refractivity contribution in [1.82, 2.24) is 0 Å². The molecule has 0 rings (SSSR count). The van der Waals surface area contributed by atoms with Gasteiger partial charge in [0.2, 0.25) is 0 Å². The van der Waals surface area contributed by atoms with Gasteiger partial charge in [0.15, 0.2) is 0 Å². The fraction of sp³-hybridized carbons (Fsp3) is 0.824. The molecule has 0 spiro atoms. The Balaban J connectivity index is 3.01. The first-order valence-electron chi connectivity index (χ1n) is 8.11. The van der Waals surface area contributed by atoms with E-state index in [4.69, 9.17) is 4.74 Å². The van der Waals surface area contributed by atoms with E-state index in [0.29, 0.717) is 6.61 Å². The van der Waals surface area contributed by atoms with Crippen LogP contribution >= 0.6 is 15.9 Å². The Kier molecular flexibility index (Phi) is 16.5. The Morgan fingerprint density at radius 2 is 1.35 bits per heavy atom. The Labute approximate surface area is 133 Å². The van der Waals surface area contributed by atoms with Gasteiger partial charge in [-0.15, -0.1) is 0 Å². The first-order chi connectivity index (χ1) is 9.77. The summed E-state index contributed by atoms with van der Waals surface area (Å²) in [6.07, 6.45) is 18.6. The summed E-state index contributed by atoms with van der Waals surface area (Å²) in [7, 11) is 0. The average molecular weight is 347 g/mol. The minimum Gasteiger partial charge on any atom is -0.466 e. The van der Waals surface area contributed by atoms with Gasteiger partial charge >= 0.3 is 5.97 Å². The molecule has 0 bridgehead atoms. The number of ether oxygens (including phenoxy) is 1. The lowest BCUT2D eigenvalue weighted by Gasteiger charge is -2.03. The van der Waals surface area contributed by atoms with Crippen molar-refractivity contribution in [3.63, 3.8) is 0 Å². The molecule has 20 heavy (non-hydrogen) atoms. The number of hydrogen-bond acceptors (Lipinski definition) is 2. The highest BCUT2D eigenvalue weighted by Crippen LogP contribution is 2.11. The molecule has 0 saturated carbocycles. The van der Waals surface area contributed by atoms with Crippen molar-refractivity contribution in [1.29, 1.82) is 0 Å². The smallest absolute Gasteiger partial charge is 0.302 e. The number of halogens is 1. The minimum atomic E-state index is -0.160. The van der Waals surface area contributed by atoms with Crippen molar-refractivity contribution in [3.05, 3.63) is 12.2 Å². The van der Waals surface area contributed by atoms with Crippen molar-refractivity contribution >= 4 is 21.9 Å². The number of hydrogen-bond donors (Lipinski definition) is 0. The summed E-state index contributed by atoms with van der Waals surface area (Å²) in [5.41, 5.74) is 0.